The molecule has 8 heteroatoms. The van der Waals surface area contributed by atoms with Gasteiger partial charge in [0.2, 0.25) is 0 Å². The SMILES string of the molecule is CCOc1cc(/C=C(\C#N)C(=O)Nc2cc(Cl)ccc2C)cc(Br)c1OCc1cccc(Cl)c1. The molecule has 1 N–H and O–H groups in total. The number of hydrogen-bond donors (Lipinski definition) is 1. The van der Waals surface area contributed by atoms with Gasteiger partial charge in [-0.05, 0) is 88.9 Å². The highest BCUT2D eigenvalue weighted by Gasteiger charge is 2.15. The van der Waals surface area contributed by atoms with E-state index in [2.05, 4.69) is 21.2 Å². The van der Waals surface area contributed by atoms with Crippen molar-refractivity contribution in [1.82, 2.24) is 0 Å². The number of ether oxygens (including phenoxy) is 2. The Kier molecular flexibility index (Phi) is 9.00. The first kappa shape index (κ1) is 25.6. The molecule has 0 radical (unpaired) electrons. The van der Waals surface area contributed by atoms with Crippen LogP contribution in [-0.4, -0.2) is 12.5 Å². The Morgan fingerprint density at radius 3 is 2.59 bits per heavy atom. The Morgan fingerprint density at radius 1 is 1.12 bits per heavy atom. The zero-order valence-electron chi connectivity index (χ0n) is 18.5. The van der Waals surface area contributed by atoms with Gasteiger partial charge in [0.15, 0.2) is 11.5 Å². The van der Waals surface area contributed by atoms with E-state index in [4.69, 9.17) is 32.7 Å². The molecule has 34 heavy (non-hydrogen) atoms. The maximum atomic E-state index is 12.7. The van der Waals surface area contributed by atoms with Gasteiger partial charge in [0.1, 0.15) is 18.2 Å². The second kappa shape index (κ2) is 11.9. The number of anilines is 1. The fraction of sp³-hybridized carbons (Fsp3) is 0.154. The molecular formula is C26H21BrCl2N2O3. The lowest BCUT2D eigenvalue weighted by atomic mass is 10.1. The largest absolute Gasteiger partial charge is 0.490 e. The third-order valence-electron chi connectivity index (χ3n) is 4.73. The number of nitrogens with one attached hydrogen (secondary N) is 1. The smallest absolute Gasteiger partial charge is 0.266 e. The molecule has 0 saturated heterocycles. The maximum absolute atomic E-state index is 12.7. The van der Waals surface area contributed by atoms with Crippen LogP contribution in [0.2, 0.25) is 10.0 Å². The molecule has 0 saturated carbocycles. The van der Waals surface area contributed by atoms with Gasteiger partial charge in [-0.1, -0.05) is 41.4 Å². The number of nitriles is 1. The van der Waals surface area contributed by atoms with E-state index in [1.165, 1.54) is 6.08 Å². The van der Waals surface area contributed by atoms with E-state index < -0.39 is 5.91 Å². The van der Waals surface area contributed by atoms with E-state index in [-0.39, 0.29) is 5.57 Å². The van der Waals surface area contributed by atoms with Crippen molar-refractivity contribution in [2.24, 2.45) is 0 Å². The highest BCUT2D eigenvalue weighted by molar-refractivity contribution is 9.10. The van der Waals surface area contributed by atoms with Crippen LogP contribution in [0.4, 0.5) is 5.69 Å². The van der Waals surface area contributed by atoms with Crippen LogP contribution in [0.25, 0.3) is 6.08 Å². The molecule has 3 aromatic rings. The van der Waals surface area contributed by atoms with E-state index >= 15 is 0 Å². The second-order valence-electron chi connectivity index (χ2n) is 7.26. The predicted molar refractivity (Wildman–Crippen MR) is 140 cm³/mol. The molecule has 1 amide bonds. The monoisotopic (exact) mass is 558 g/mol. The predicted octanol–water partition coefficient (Wildman–Crippen LogP) is 7.59. The molecule has 0 heterocycles. The number of amides is 1. The van der Waals surface area contributed by atoms with E-state index in [9.17, 15) is 10.1 Å². The van der Waals surface area contributed by atoms with Gasteiger partial charge in [-0.2, -0.15) is 5.26 Å². The first-order valence-electron chi connectivity index (χ1n) is 10.3. The summed E-state index contributed by atoms with van der Waals surface area (Å²) in [5.74, 6) is 0.452. The topological polar surface area (TPSA) is 71.3 Å². The van der Waals surface area contributed by atoms with Crippen molar-refractivity contribution in [1.29, 1.82) is 5.26 Å². The highest BCUT2D eigenvalue weighted by atomic mass is 79.9. The van der Waals surface area contributed by atoms with Crippen LogP contribution in [0.5, 0.6) is 11.5 Å². The minimum atomic E-state index is -0.539. The molecule has 0 fully saturated rings. The fourth-order valence-electron chi connectivity index (χ4n) is 3.09. The van der Waals surface area contributed by atoms with Crippen LogP contribution in [0.1, 0.15) is 23.6 Å². The van der Waals surface area contributed by atoms with Gasteiger partial charge in [-0.3, -0.25) is 4.79 Å². The molecule has 3 aromatic carbocycles. The summed E-state index contributed by atoms with van der Waals surface area (Å²) in [7, 11) is 0. The van der Waals surface area contributed by atoms with Gasteiger partial charge in [-0.15, -0.1) is 0 Å². The number of rotatable bonds is 8. The fourth-order valence-corrected chi connectivity index (χ4v) is 4.05. The number of carbonyl (C=O) groups excluding carboxylic acids is 1. The summed E-state index contributed by atoms with van der Waals surface area (Å²) >= 11 is 15.6. The molecule has 5 nitrogen and oxygen atoms in total. The average Bonchev–Trinajstić information content (AvgIpc) is 2.79. The van der Waals surface area contributed by atoms with Crippen LogP contribution in [-0.2, 0) is 11.4 Å². The summed E-state index contributed by atoms with van der Waals surface area (Å²) in [6.07, 6.45) is 1.49. The molecular weight excluding hydrogens is 539 g/mol. The van der Waals surface area contributed by atoms with Gasteiger partial charge in [-0.25, -0.2) is 0 Å². The average molecular weight is 560 g/mol. The van der Waals surface area contributed by atoms with Crippen molar-refractivity contribution in [3.8, 4) is 17.6 Å². The molecule has 3 rings (SSSR count). The first-order chi connectivity index (χ1) is 16.3. The quantitative estimate of drug-likeness (QED) is 0.228. The van der Waals surface area contributed by atoms with Crippen LogP contribution < -0.4 is 14.8 Å². The minimum Gasteiger partial charge on any atom is -0.490 e. The van der Waals surface area contributed by atoms with Gasteiger partial charge in [0.05, 0.1) is 11.1 Å². The lowest BCUT2D eigenvalue weighted by molar-refractivity contribution is -0.112. The molecule has 0 aliphatic carbocycles. The van der Waals surface area contributed by atoms with Crippen molar-refractivity contribution < 1.29 is 14.3 Å². The lowest BCUT2D eigenvalue weighted by Gasteiger charge is -2.15. The normalized spacial score (nSPS) is 11.0. The zero-order valence-corrected chi connectivity index (χ0v) is 21.6. The van der Waals surface area contributed by atoms with Gasteiger partial charge in [0.25, 0.3) is 5.91 Å². The van der Waals surface area contributed by atoms with Crippen molar-refractivity contribution >= 4 is 56.8 Å². The molecule has 0 atom stereocenters. The van der Waals surface area contributed by atoms with E-state index in [0.29, 0.717) is 50.5 Å². The summed E-state index contributed by atoms with van der Waals surface area (Å²) in [5.41, 5.74) is 2.81. The van der Waals surface area contributed by atoms with Crippen LogP contribution in [0.15, 0.2) is 64.6 Å². The molecule has 0 aliphatic rings. The van der Waals surface area contributed by atoms with Crippen molar-refractivity contribution in [2.75, 3.05) is 11.9 Å². The zero-order chi connectivity index (χ0) is 24.7. The summed E-state index contributed by atoms with van der Waals surface area (Å²) < 4.78 is 12.4. The standard InChI is InChI=1S/C26H21BrCl2N2O3/c1-3-33-24-12-18(11-22(27)25(24)34-15-17-5-4-6-20(28)10-17)9-19(14-30)26(32)31-23-13-21(29)8-7-16(23)2/h4-13H,3,15H2,1-2H3,(H,31,32)/b19-9+. The number of halogens is 3. The third-order valence-corrected chi connectivity index (χ3v) is 5.79. The summed E-state index contributed by atoms with van der Waals surface area (Å²) in [6, 6.07) is 18.0. The Balaban J connectivity index is 1.86. The third kappa shape index (κ3) is 6.77. The lowest BCUT2D eigenvalue weighted by Crippen LogP contribution is -2.14. The Hall–Kier alpha value is -2.98. The summed E-state index contributed by atoms with van der Waals surface area (Å²) in [6.45, 7) is 4.40. The number of nitrogens with zero attached hydrogens (tertiary/aromatic N) is 1. The molecule has 0 aliphatic heterocycles. The van der Waals surface area contributed by atoms with Crippen molar-refractivity contribution in [3.63, 3.8) is 0 Å². The Labute approximate surface area is 217 Å². The van der Waals surface area contributed by atoms with Crippen molar-refractivity contribution in [3.05, 3.63) is 91.4 Å². The maximum Gasteiger partial charge on any atom is 0.266 e. The number of benzene rings is 3. The van der Waals surface area contributed by atoms with Gasteiger partial charge < -0.3 is 14.8 Å². The Morgan fingerprint density at radius 2 is 1.88 bits per heavy atom. The molecule has 0 unspecified atom stereocenters. The summed E-state index contributed by atoms with van der Waals surface area (Å²) in [5, 5.41) is 13.5. The number of aryl methyl sites for hydroxylation is 1. The number of carbonyl (C=O) groups is 1. The second-order valence-corrected chi connectivity index (χ2v) is 8.99. The molecule has 0 aromatic heterocycles. The molecule has 0 bridgehead atoms. The van der Waals surface area contributed by atoms with Gasteiger partial charge in [0, 0.05) is 15.7 Å². The molecule has 0 spiro atoms. The van der Waals surface area contributed by atoms with Crippen molar-refractivity contribution in [2.45, 2.75) is 20.5 Å². The van der Waals surface area contributed by atoms with Gasteiger partial charge >= 0.3 is 0 Å². The minimum absolute atomic E-state index is 0.0682. The highest BCUT2D eigenvalue weighted by Crippen LogP contribution is 2.38. The summed E-state index contributed by atoms with van der Waals surface area (Å²) in [4.78, 5) is 12.7. The number of hydrogen-bond acceptors (Lipinski definition) is 4. The first-order valence-corrected chi connectivity index (χ1v) is 11.9. The van der Waals surface area contributed by atoms with Crippen LogP contribution in [0, 0.1) is 18.3 Å². The van der Waals surface area contributed by atoms with Crippen LogP contribution >= 0.6 is 39.1 Å². The van der Waals surface area contributed by atoms with E-state index in [0.717, 1.165) is 11.1 Å². The van der Waals surface area contributed by atoms with Crippen LogP contribution in [0.3, 0.4) is 0 Å². The van der Waals surface area contributed by atoms with E-state index in [1.807, 2.05) is 38.1 Å². The van der Waals surface area contributed by atoms with E-state index in [1.54, 1.807) is 36.4 Å². The Bertz CT molecular complexity index is 1290. The molecule has 174 valence electrons.